The Morgan fingerprint density at radius 1 is 1.47 bits per heavy atom. The highest BCUT2D eigenvalue weighted by atomic mass is 79.9. The highest BCUT2D eigenvalue weighted by Crippen LogP contribution is 2.26. The summed E-state index contributed by atoms with van der Waals surface area (Å²) in [4.78, 5) is 0.143. The summed E-state index contributed by atoms with van der Waals surface area (Å²) >= 11 is 3.23. The van der Waals surface area contributed by atoms with Gasteiger partial charge in [0.25, 0.3) is 0 Å². The minimum Gasteiger partial charge on any atom is -0.392 e. The Kier molecular flexibility index (Phi) is 5.94. The molecule has 0 bridgehead atoms. The van der Waals surface area contributed by atoms with Gasteiger partial charge in [0.15, 0.2) is 0 Å². The number of hydrogen-bond donors (Lipinski definition) is 1. The van der Waals surface area contributed by atoms with Crippen molar-refractivity contribution in [3.63, 3.8) is 0 Å². The van der Waals surface area contributed by atoms with Crippen molar-refractivity contribution in [2.75, 3.05) is 20.8 Å². The van der Waals surface area contributed by atoms with Gasteiger partial charge in [-0.25, -0.2) is 8.42 Å². The molecule has 1 N–H and O–H groups in total. The second-order valence-corrected chi connectivity index (χ2v) is 7.07. The summed E-state index contributed by atoms with van der Waals surface area (Å²) in [5, 5.41) is 9.11. The van der Waals surface area contributed by atoms with Crippen molar-refractivity contribution in [2.45, 2.75) is 24.5 Å². The smallest absolute Gasteiger partial charge is 0.244 e. The summed E-state index contributed by atoms with van der Waals surface area (Å²) in [5.74, 6) is 0. The van der Waals surface area contributed by atoms with E-state index in [4.69, 9.17) is 9.84 Å². The van der Waals surface area contributed by atoms with Crippen molar-refractivity contribution in [3.8, 4) is 0 Å². The molecule has 1 rings (SSSR count). The van der Waals surface area contributed by atoms with Crippen molar-refractivity contribution in [1.82, 2.24) is 4.31 Å². The standard InChI is InChI=1S/C12H18BrNO4S/c1-9(8-18-3)14(2)19(16,17)12-6-10(7-15)4-5-11(12)13/h4-6,9,15H,7-8H2,1-3H3. The van der Waals surface area contributed by atoms with Gasteiger partial charge in [-0.1, -0.05) is 6.07 Å². The normalized spacial score (nSPS) is 13.8. The highest BCUT2D eigenvalue weighted by molar-refractivity contribution is 9.10. The molecule has 1 aromatic carbocycles. The van der Waals surface area contributed by atoms with Crippen LogP contribution >= 0.6 is 15.9 Å². The summed E-state index contributed by atoms with van der Waals surface area (Å²) in [6.45, 7) is 1.88. The van der Waals surface area contributed by atoms with Crippen molar-refractivity contribution < 1.29 is 18.3 Å². The quantitative estimate of drug-likeness (QED) is 0.845. The summed E-state index contributed by atoms with van der Waals surface area (Å²) in [6, 6.07) is 4.48. The summed E-state index contributed by atoms with van der Waals surface area (Å²) in [6.07, 6.45) is 0. The maximum absolute atomic E-state index is 12.5. The van der Waals surface area contributed by atoms with Crippen LogP contribution in [0.2, 0.25) is 0 Å². The van der Waals surface area contributed by atoms with Gasteiger partial charge in [0.05, 0.1) is 18.1 Å². The Morgan fingerprint density at radius 3 is 2.63 bits per heavy atom. The predicted molar refractivity (Wildman–Crippen MR) is 76.4 cm³/mol. The van der Waals surface area contributed by atoms with Crippen LogP contribution in [0, 0.1) is 0 Å². The van der Waals surface area contributed by atoms with Gasteiger partial charge in [0, 0.05) is 24.7 Å². The fourth-order valence-corrected chi connectivity index (χ4v) is 3.90. The number of aliphatic hydroxyl groups excluding tert-OH is 1. The summed E-state index contributed by atoms with van der Waals surface area (Å²) < 4.78 is 31.7. The molecule has 1 atom stereocenters. The Balaban J connectivity index is 3.19. The van der Waals surface area contributed by atoms with E-state index in [0.717, 1.165) is 0 Å². The molecule has 0 heterocycles. The number of methoxy groups -OCH3 is 1. The van der Waals surface area contributed by atoms with E-state index in [1.165, 1.54) is 24.5 Å². The first-order valence-electron chi connectivity index (χ1n) is 5.70. The Hall–Kier alpha value is -0.470. The van der Waals surface area contributed by atoms with E-state index in [9.17, 15) is 8.42 Å². The SMILES string of the molecule is COCC(C)N(C)S(=O)(=O)c1cc(CO)ccc1Br. The maximum atomic E-state index is 12.5. The van der Waals surface area contributed by atoms with Crippen LogP contribution in [-0.2, 0) is 21.4 Å². The second-order valence-electron chi connectivity index (χ2n) is 4.25. The average molecular weight is 352 g/mol. The van der Waals surface area contributed by atoms with Crippen LogP contribution in [0.25, 0.3) is 0 Å². The van der Waals surface area contributed by atoms with E-state index in [0.29, 0.717) is 16.6 Å². The lowest BCUT2D eigenvalue weighted by molar-refractivity contribution is 0.149. The van der Waals surface area contributed by atoms with E-state index < -0.39 is 10.0 Å². The molecule has 0 aliphatic rings. The van der Waals surface area contributed by atoms with Gasteiger partial charge < -0.3 is 9.84 Å². The minimum atomic E-state index is -3.63. The maximum Gasteiger partial charge on any atom is 0.244 e. The number of ether oxygens (including phenoxy) is 1. The van der Waals surface area contributed by atoms with Crippen LogP contribution in [0.15, 0.2) is 27.6 Å². The zero-order valence-electron chi connectivity index (χ0n) is 11.1. The molecule has 1 unspecified atom stereocenters. The van der Waals surface area contributed by atoms with E-state index >= 15 is 0 Å². The van der Waals surface area contributed by atoms with Crippen molar-refractivity contribution >= 4 is 26.0 Å². The van der Waals surface area contributed by atoms with E-state index in [2.05, 4.69) is 15.9 Å². The topological polar surface area (TPSA) is 66.8 Å². The number of rotatable bonds is 6. The van der Waals surface area contributed by atoms with E-state index in [1.807, 2.05) is 0 Å². The molecular formula is C12H18BrNO4S. The van der Waals surface area contributed by atoms with Crippen molar-refractivity contribution in [2.24, 2.45) is 0 Å². The van der Waals surface area contributed by atoms with Crippen LogP contribution in [-0.4, -0.2) is 44.6 Å². The van der Waals surface area contributed by atoms with Crippen LogP contribution in [0.1, 0.15) is 12.5 Å². The minimum absolute atomic E-state index is 0.143. The van der Waals surface area contributed by atoms with Gasteiger partial charge in [-0.15, -0.1) is 0 Å². The van der Waals surface area contributed by atoms with Crippen molar-refractivity contribution in [3.05, 3.63) is 28.2 Å². The van der Waals surface area contributed by atoms with E-state index in [-0.39, 0.29) is 17.5 Å². The number of nitrogens with zero attached hydrogens (tertiary/aromatic N) is 1. The van der Waals surface area contributed by atoms with Gasteiger partial charge >= 0.3 is 0 Å². The molecule has 0 radical (unpaired) electrons. The molecule has 0 aliphatic heterocycles. The molecular weight excluding hydrogens is 334 g/mol. The lowest BCUT2D eigenvalue weighted by Gasteiger charge is -2.24. The van der Waals surface area contributed by atoms with Gasteiger partial charge in [-0.05, 0) is 40.5 Å². The van der Waals surface area contributed by atoms with Gasteiger partial charge in [-0.2, -0.15) is 4.31 Å². The highest BCUT2D eigenvalue weighted by Gasteiger charge is 2.27. The molecule has 1 aromatic rings. The number of sulfonamides is 1. The van der Waals surface area contributed by atoms with Crippen LogP contribution < -0.4 is 0 Å². The van der Waals surface area contributed by atoms with Gasteiger partial charge in [-0.3, -0.25) is 0 Å². The van der Waals surface area contributed by atoms with Crippen LogP contribution in [0.5, 0.6) is 0 Å². The fraction of sp³-hybridized carbons (Fsp3) is 0.500. The Bertz CT molecular complexity index is 533. The number of aliphatic hydroxyl groups is 1. The lowest BCUT2D eigenvalue weighted by Crippen LogP contribution is -2.37. The molecule has 0 aliphatic carbocycles. The third-order valence-electron chi connectivity index (χ3n) is 2.86. The zero-order chi connectivity index (χ0) is 14.6. The lowest BCUT2D eigenvalue weighted by atomic mass is 10.2. The van der Waals surface area contributed by atoms with Crippen LogP contribution in [0.4, 0.5) is 0 Å². The largest absolute Gasteiger partial charge is 0.392 e. The zero-order valence-corrected chi connectivity index (χ0v) is 13.5. The number of halogens is 1. The third-order valence-corrected chi connectivity index (χ3v) is 5.83. The number of hydrogen-bond acceptors (Lipinski definition) is 4. The third kappa shape index (κ3) is 3.76. The molecule has 5 nitrogen and oxygen atoms in total. The first kappa shape index (κ1) is 16.6. The molecule has 0 aromatic heterocycles. The Morgan fingerprint density at radius 2 is 2.11 bits per heavy atom. The average Bonchev–Trinajstić information content (AvgIpc) is 2.38. The second kappa shape index (κ2) is 6.81. The molecule has 0 fully saturated rings. The molecule has 108 valence electrons. The molecule has 0 amide bonds. The van der Waals surface area contributed by atoms with Crippen molar-refractivity contribution in [1.29, 1.82) is 0 Å². The number of likely N-dealkylation sites (N-methyl/N-ethyl adjacent to an activating group) is 1. The predicted octanol–water partition coefficient (Wildman–Crippen LogP) is 1.60. The first-order valence-corrected chi connectivity index (χ1v) is 7.94. The van der Waals surface area contributed by atoms with Gasteiger partial charge in [0.1, 0.15) is 0 Å². The molecule has 0 saturated carbocycles. The molecule has 0 spiro atoms. The summed E-state index contributed by atoms with van der Waals surface area (Å²) in [5.41, 5.74) is 0.551. The molecule has 0 saturated heterocycles. The van der Waals surface area contributed by atoms with Crippen LogP contribution in [0.3, 0.4) is 0 Å². The van der Waals surface area contributed by atoms with Gasteiger partial charge in [0.2, 0.25) is 10.0 Å². The molecule has 7 heteroatoms. The fourth-order valence-electron chi connectivity index (χ4n) is 1.58. The van der Waals surface area contributed by atoms with E-state index in [1.54, 1.807) is 19.1 Å². The number of benzene rings is 1. The first-order chi connectivity index (χ1) is 8.84. The summed E-state index contributed by atoms with van der Waals surface area (Å²) in [7, 11) is -0.590. The Labute approximate surface area is 122 Å². The molecule has 19 heavy (non-hydrogen) atoms. The monoisotopic (exact) mass is 351 g/mol.